The molecule has 2 fully saturated rings. The first-order valence-electron chi connectivity index (χ1n) is 8.45. The molecule has 2 saturated heterocycles. The van der Waals surface area contributed by atoms with Crippen molar-refractivity contribution in [2.45, 2.75) is 51.7 Å². The monoisotopic (exact) mass is 341 g/mol. The van der Waals surface area contributed by atoms with Crippen LogP contribution in [0.25, 0.3) is 0 Å². The lowest BCUT2D eigenvalue weighted by Gasteiger charge is -2.41. The lowest BCUT2D eigenvalue weighted by molar-refractivity contribution is -0.145. The van der Waals surface area contributed by atoms with Gasteiger partial charge >= 0.3 is 18.1 Å². The molecule has 0 saturated carbocycles. The second-order valence-corrected chi connectivity index (χ2v) is 7.30. The molecule has 0 spiro atoms. The quantitative estimate of drug-likeness (QED) is 0.782. The summed E-state index contributed by atoms with van der Waals surface area (Å²) in [7, 11) is 0. The highest BCUT2D eigenvalue weighted by atomic mass is 16.6. The zero-order valence-corrected chi connectivity index (χ0v) is 14.7. The molecule has 24 heavy (non-hydrogen) atoms. The summed E-state index contributed by atoms with van der Waals surface area (Å²) < 4.78 is 5.28. The highest BCUT2D eigenvalue weighted by Gasteiger charge is 2.39. The smallest absolute Gasteiger partial charge is 0.411 e. The third-order valence-electron chi connectivity index (χ3n) is 4.19. The number of carboxylic acids is 1. The molecule has 3 amide bonds. The number of carboxylic acid groups (broad SMARTS) is 1. The Balaban J connectivity index is 2.03. The predicted octanol–water partition coefficient (Wildman–Crippen LogP) is 1.60. The molecule has 2 heterocycles. The molecule has 0 aromatic heterocycles. The molecular weight excluding hydrogens is 314 g/mol. The van der Waals surface area contributed by atoms with E-state index in [1.165, 1.54) is 9.80 Å². The number of ether oxygens (including phenoxy) is 1. The Hall–Kier alpha value is -1.99. The van der Waals surface area contributed by atoms with Gasteiger partial charge in [-0.15, -0.1) is 0 Å². The zero-order chi connectivity index (χ0) is 17.9. The van der Waals surface area contributed by atoms with Crippen molar-refractivity contribution in [2.24, 2.45) is 0 Å². The van der Waals surface area contributed by atoms with E-state index in [1.807, 2.05) is 0 Å². The van der Waals surface area contributed by atoms with Crippen molar-refractivity contribution in [3.63, 3.8) is 0 Å². The van der Waals surface area contributed by atoms with E-state index in [9.17, 15) is 19.5 Å². The van der Waals surface area contributed by atoms with Gasteiger partial charge in [-0.25, -0.2) is 14.4 Å². The summed E-state index contributed by atoms with van der Waals surface area (Å²) in [6, 6.07) is -1.22. The molecular formula is C16H27N3O5. The van der Waals surface area contributed by atoms with Crippen LogP contribution in [0.15, 0.2) is 0 Å². The Morgan fingerprint density at radius 2 is 1.58 bits per heavy atom. The van der Waals surface area contributed by atoms with Gasteiger partial charge in [-0.3, -0.25) is 4.90 Å². The molecule has 2 aliphatic heterocycles. The summed E-state index contributed by atoms with van der Waals surface area (Å²) in [6.45, 7) is 7.09. The zero-order valence-electron chi connectivity index (χ0n) is 14.7. The molecule has 0 aromatic carbocycles. The Labute approximate surface area is 142 Å². The summed E-state index contributed by atoms with van der Waals surface area (Å²) in [5.41, 5.74) is -0.694. The minimum absolute atomic E-state index is 0.0100. The number of carbonyl (C=O) groups is 3. The number of nitrogens with zero attached hydrogens (tertiary/aromatic N) is 3. The minimum atomic E-state index is -1.13. The first-order chi connectivity index (χ1) is 11.2. The number of hydrogen-bond donors (Lipinski definition) is 1. The van der Waals surface area contributed by atoms with Crippen LogP contribution in [-0.4, -0.2) is 82.3 Å². The highest BCUT2D eigenvalue weighted by molar-refractivity contribution is 5.82. The van der Waals surface area contributed by atoms with E-state index in [-0.39, 0.29) is 19.1 Å². The molecule has 0 aliphatic carbocycles. The van der Waals surface area contributed by atoms with E-state index in [2.05, 4.69) is 0 Å². The summed E-state index contributed by atoms with van der Waals surface area (Å²) in [5.74, 6) is -1.13. The number of rotatable bonds is 1. The molecule has 2 aliphatic rings. The van der Waals surface area contributed by atoms with E-state index in [4.69, 9.17) is 4.74 Å². The van der Waals surface area contributed by atoms with Crippen molar-refractivity contribution in [2.75, 3.05) is 32.7 Å². The van der Waals surface area contributed by atoms with E-state index in [0.717, 1.165) is 19.3 Å². The number of piperidine rings is 1. The number of aliphatic carboxylic acids is 1. The van der Waals surface area contributed by atoms with Crippen molar-refractivity contribution in [3.05, 3.63) is 0 Å². The molecule has 1 unspecified atom stereocenters. The lowest BCUT2D eigenvalue weighted by atomic mass is 10.1. The van der Waals surface area contributed by atoms with Crippen LogP contribution in [0.4, 0.5) is 9.59 Å². The molecule has 1 N–H and O–H groups in total. The largest absolute Gasteiger partial charge is 0.480 e. The van der Waals surface area contributed by atoms with Crippen LogP contribution < -0.4 is 0 Å². The number of piperazine rings is 1. The van der Waals surface area contributed by atoms with E-state index >= 15 is 0 Å². The molecule has 8 nitrogen and oxygen atoms in total. The maximum atomic E-state index is 12.6. The first-order valence-corrected chi connectivity index (χ1v) is 8.45. The standard InChI is InChI=1S/C16H27N3O5/c1-16(2,3)24-15(23)19-10-9-18(11-12(19)13(20)21)14(22)17-7-5-4-6-8-17/h12H,4-11H2,1-3H3,(H,20,21). The van der Waals surface area contributed by atoms with Gasteiger partial charge in [-0.2, -0.15) is 0 Å². The Morgan fingerprint density at radius 3 is 2.12 bits per heavy atom. The molecule has 2 rings (SSSR count). The van der Waals surface area contributed by atoms with Crippen LogP contribution in [0.3, 0.4) is 0 Å². The third kappa shape index (κ3) is 4.52. The summed E-state index contributed by atoms with van der Waals surface area (Å²) in [5, 5.41) is 9.46. The summed E-state index contributed by atoms with van der Waals surface area (Å²) in [4.78, 5) is 40.9. The Morgan fingerprint density at radius 1 is 0.958 bits per heavy atom. The molecule has 1 atom stereocenters. The van der Waals surface area contributed by atoms with Gasteiger partial charge in [0.05, 0.1) is 6.54 Å². The van der Waals surface area contributed by atoms with Crippen molar-refractivity contribution >= 4 is 18.1 Å². The van der Waals surface area contributed by atoms with E-state index in [0.29, 0.717) is 19.6 Å². The molecule has 0 radical (unpaired) electrons. The maximum Gasteiger partial charge on any atom is 0.411 e. The normalized spacial score (nSPS) is 22.3. The van der Waals surface area contributed by atoms with Crippen molar-refractivity contribution in [1.82, 2.24) is 14.7 Å². The summed E-state index contributed by atoms with van der Waals surface area (Å²) >= 11 is 0. The van der Waals surface area contributed by atoms with Gasteiger partial charge in [0, 0.05) is 26.2 Å². The Bertz CT molecular complexity index is 496. The second kappa shape index (κ2) is 7.27. The van der Waals surface area contributed by atoms with Gasteiger partial charge < -0.3 is 19.6 Å². The van der Waals surface area contributed by atoms with Crippen LogP contribution in [0.5, 0.6) is 0 Å². The second-order valence-electron chi connectivity index (χ2n) is 7.30. The van der Waals surface area contributed by atoms with Crippen molar-refractivity contribution in [1.29, 1.82) is 0 Å². The number of hydrogen-bond acceptors (Lipinski definition) is 4. The fourth-order valence-corrected chi connectivity index (χ4v) is 2.99. The van der Waals surface area contributed by atoms with Crippen LogP contribution in [0, 0.1) is 0 Å². The van der Waals surface area contributed by atoms with Crippen LogP contribution in [0.1, 0.15) is 40.0 Å². The topological polar surface area (TPSA) is 90.4 Å². The Kier molecular flexibility index (Phi) is 5.56. The van der Waals surface area contributed by atoms with Gasteiger partial charge in [-0.05, 0) is 40.0 Å². The van der Waals surface area contributed by atoms with Gasteiger partial charge in [0.2, 0.25) is 0 Å². The first kappa shape index (κ1) is 18.4. The number of amides is 3. The fourth-order valence-electron chi connectivity index (χ4n) is 2.99. The van der Waals surface area contributed by atoms with Gasteiger partial charge in [-0.1, -0.05) is 0 Å². The predicted molar refractivity (Wildman–Crippen MR) is 86.8 cm³/mol. The van der Waals surface area contributed by atoms with Crippen molar-refractivity contribution < 1.29 is 24.2 Å². The average molecular weight is 341 g/mol. The van der Waals surface area contributed by atoms with Crippen molar-refractivity contribution in [3.8, 4) is 0 Å². The summed E-state index contributed by atoms with van der Waals surface area (Å²) in [6.07, 6.45) is 2.42. The van der Waals surface area contributed by atoms with E-state index in [1.54, 1.807) is 25.7 Å². The minimum Gasteiger partial charge on any atom is -0.480 e. The molecule has 0 bridgehead atoms. The fraction of sp³-hybridized carbons (Fsp3) is 0.812. The van der Waals surface area contributed by atoms with Gasteiger partial charge in [0.15, 0.2) is 6.04 Å². The third-order valence-corrected chi connectivity index (χ3v) is 4.19. The number of carbonyl (C=O) groups excluding carboxylic acids is 2. The number of likely N-dealkylation sites (tertiary alicyclic amines) is 1. The van der Waals surface area contributed by atoms with Crippen LogP contribution >= 0.6 is 0 Å². The SMILES string of the molecule is CC(C)(C)OC(=O)N1CCN(C(=O)N2CCCCC2)CC1C(=O)O. The lowest BCUT2D eigenvalue weighted by Crippen LogP contribution is -2.61. The van der Waals surface area contributed by atoms with Gasteiger partial charge in [0.25, 0.3) is 0 Å². The van der Waals surface area contributed by atoms with Crippen LogP contribution in [0.2, 0.25) is 0 Å². The van der Waals surface area contributed by atoms with E-state index < -0.39 is 23.7 Å². The molecule has 136 valence electrons. The molecule has 8 heteroatoms. The molecule has 0 aromatic rings. The average Bonchev–Trinajstić information content (AvgIpc) is 2.52. The van der Waals surface area contributed by atoms with Gasteiger partial charge in [0.1, 0.15) is 5.60 Å². The maximum absolute atomic E-state index is 12.6. The number of urea groups is 1. The van der Waals surface area contributed by atoms with Crippen LogP contribution in [-0.2, 0) is 9.53 Å². The highest BCUT2D eigenvalue weighted by Crippen LogP contribution is 2.18.